The number of benzene rings is 1. The van der Waals surface area contributed by atoms with E-state index >= 15 is 0 Å². The van der Waals surface area contributed by atoms with Gasteiger partial charge in [0, 0.05) is 6.04 Å². The molecule has 114 valence electrons. The lowest BCUT2D eigenvalue weighted by atomic mass is 9.75. The Morgan fingerprint density at radius 1 is 1.43 bits per heavy atom. The smallest absolute Gasteiger partial charge is 0.242 e. The Labute approximate surface area is 126 Å². The van der Waals surface area contributed by atoms with Gasteiger partial charge in [0.15, 0.2) is 0 Å². The first-order chi connectivity index (χ1) is 9.73. The number of rotatable bonds is 3. The second-order valence-corrected chi connectivity index (χ2v) is 8.13. The summed E-state index contributed by atoms with van der Waals surface area (Å²) in [5, 5.41) is 8.80. The summed E-state index contributed by atoms with van der Waals surface area (Å²) < 4.78 is 27.7. The van der Waals surface area contributed by atoms with Crippen molar-refractivity contribution in [2.24, 2.45) is 5.41 Å². The summed E-state index contributed by atoms with van der Waals surface area (Å²) >= 11 is 0. The number of hydrogen-bond acceptors (Lipinski definition) is 4. The van der Waals surface area contributed by atoms with Crippen LogP contribution in [0.2, 0.25) is 0 Å². The molecular formula is C15H21N3O2S. The van der Waals surface area contributed by atoms with Gasteiger partial charge in [-0.1, -0.05) is 20.3 Å². The first-order valence-corrected chi connectivity index (χ1v) is 8.54. The van der Waals surface area contributed by atoms with Crippen molar-refractivity contribution in [3.8, 4) is 6.07 Å². The minimum absolute atomic E-state index is 0.0462. The van der Waals surface area contributed by atoms with Gasteiger partial charge in [-0.15, -0.1) is 0 Å². The maximum atomic E-state index is 12.5. The van der Waals surface area contributed by atoms with E-state index in [1.54, 1.807) is 0 Å². The SMILES string of the molecule is CC1(C)CCCC(NS(=O)(=O)c2ccc(C#N)cc2N)C1. The molecule has 2 rings (SSSR count). The van der Waals surface area contributed by atoms with Crippen molar-refractivity contribution in [1.82, 2.24) is 4.72 Å². The van der Waals surface area contributed by atoms with Crippen LogP contribution in [-0.4, -0.2) is 14.5 Å². The normalized spacial score (nSPS) is 21.7. The number of nitrogens with one attached hydrogen (secondary N) is 1. The van der Waals surface area contributed by atoms with Gasteiger partial charge in [0.05, 0.1) is 17.3 Å². The molecule has 0 aromatic heterocycles. The molecule has 1 saturated carbocycles. The highest BCUT2D eigenvalue weighted by atomic mass is 32.2. The number of hydrogen-bond donors (Lipinski definition) is 2. The maximum absolute atomic E-state index is 12.5. The molecule has 1 unspecified atom stereocenters. The fourth-order valence-corrected chi connectivity index (χ4v) is 4.33. The van der Waals surface area contributed by atoms with E-state index in [0.29, 0.717) is 5.56 Å². The summed E-state index contributed by atoms with van der Waals surface area (Å²) in [6.07, 6.45) is 3.80. The number of nitriles is 1. The third-order valence-corrected chi connectivity index (χ3v) is 5.55. The summed E-state index contributed by atoms with van der Waals surface area (Å²) in [4.78, 5) is 0.0462. The minimum atomic E-state index is -3.65. The Morgan fingerprint density at radius 3 is 2.71 bits per heavy atom. The zero-order valence-electron chi connectivity index (χ0n) is 12.4. The highest BCUT2D eigenvalue weighted by Crippen LogP contribution is 2.35. The maximum Gasteiger partial charge on any atom is 0.242 e. The van der Waals surface area contributed by atoms with Gasteiger partial charge in [-0.2, -0.15) is 5.26 Å². The molecular weight excluding hydrogens is 286 g/mol. The molecule has 0 amide bonds. The van der Waals surface area contributed by atoms with Crippen molar-refractivity contribution in [3.05, 3.63) is 23.8 Å². The van der Waals surface area contributed by atoms with Crippen molar-refractivity contribution >= 4 is 15.7 Å². The molecule has 3 N–H and O–H groups in total. The molecule has 5 nitrogen and oxygen atoms in total. The molecule has 0 bridgehead atoms. The Bertz CT molecular complexity index is 675. The Morgan fingerprint density at radius 2 is 2.14 bits per heavy atom. The standard InChI is InChI=1S/C15H21N3O2S/c1-15(2)7-3-4-12(9-15)18-21(19,20)14-6-5-11(10-16)8-13(14)17/h5-6,8,12,18H,3-4,7,9,17H2,1-2H3. The van der Waals surface area contributed by atoms with Gasteiger partial charge >= 0.3 is 0 Å². The summed E-state index contributed by atoms with van der Waals surface area (Å²) in [7, 11) is -3.65. The molecule has 0 radical (unpaired) electrons. The predicted molar refractivity (Wildman–Crippen MR) is 81.9 cm³/mol. The highest BCUT2D eigenvalue weighted by molar-refractivity contribution is 7.89. The van der Waals surface area contributed by atoms with Gasteiger partial charge in [0.25, 0.3) is 0 Å². The molecule has 6 heteroatoms. The van der Waals surface area contributed by atoms with Crippen molar-refractivity contribution < 1.29 is 8.42 Å². The van der Waals surface area contributed by atoms with Crippen LogP contribution >= 0.6 is 0 Å². The molecule has 1 aliphatic carbocycles. The van der Waals surface area contributed by atoms with Crippen molar-refractivity contribution in [1.29, 1.82) is 5.26 Å². The van der Waals surface area contributed by atoms with Crippen LogP contribution in [0.4, 0.5) is 5.69 Å². The largest absolute Gasteiger partial charge is 0.398 e. The summed E-state index contributed by atoms with van der Waals surface area (Å²) in [6.45, 7) is 4.31. The third-order valence-electron chi connectivity index (χ3n) is 3.96. The predicted octanol–water partition coefficient (Wildman–Crippen LogP) is 2.39. The van der Waals surface area contributed by atoms with E-state index in [0.717, 1.165) is 25.7 Å². The van der Waals surface area contributed by atoms with Crippen LogP contribution in [0.5, 0.6) is 0 Å². The molecule has 0 spiro atoms. The Kier molecular flexibility index (Phi) is 4.26. The van der Waals surface area contributed by atoms with Gasteiger partial charge in [-0.3, -0.25) is 0 Å². The van der Waals surface area contributed by atoms with Gasteiger partial charge in [-0.05, 0) is 42.9 Å². The van der Waals surface area contributed by atoms with Crippen LogP contribution in [0.1, 0.15) is 45.1 Å². The highest BCUT2D eigenvalue weighted by Gasteiger charge is 2.31. The van der Waals surface area contributed by atoms with Crippen molar-refractivity contribution in [3.63, 3.8) is 0 Å². The number of nitrogen functional groups attached to an aromatic ring is 1. The van der Waals surface area contributed by atoms with Crippen LogP contribution in [0.15, 0.2) is 23.1 Å². The van der Waals surface area contributed by atoms with Gasteiger partial charge in [0.1, 0.15) is 4.90 Å². The molecule has 0 heterocycles. The summed E-state index contributed by atoms with van der Waals surface area (Å²) in [5.41, 5.74) is 6.39. The molecule has 21 heavy (non-hydrogen) atoms. The Hall–Kier alpha value is -1.58. The zero-order valence-corrected chi connectivity index (χ0v) is 13.2. The van der Waals surface area contributed by atoms with E-state index in [-0.39, 0.29) is 22.0 Å². The monoisotopic (exact) mass is 307 g/mol. The van der Waals surface area contributed by atoms with Gasteiger partial charge in [-0.25, -0.2) is 13.1 Å². The van der Waals surface area contributed by atoms with E-state index < -0.39 is 10.0 Å². The van der Waals surface area contributed by atoms with Crippen molar-refractivity contribution in [2.75, 3.05) is 5.73 Å². The van der Waals surface area contributed by atoms with Gasteiger partial charge in [0.2, 0.25) is 10.0 Å². The minimum Gasteiger partial charge on any atom is -0.398 e. The number of anilines is 1. The number of sulfonamides is 1. The van der Waals surface area contributed by atoms with Gasteiger partial charge < -0.3 is 5.73 Å². The quantitative estimate of drug-likeness (QED) is 0.838. The third kappa shape index (κ3) is 3.74. The zero-order chi connectivity index (χ0) is 15.7. The van der Waals surface area contributed by atoms with Crippen LogP contribution in [-0.2, 0) is 10.0 Å². The number of nitrogens with two attached hydrogens (primary N) is 1. The average molecular weight is 307 g/mol. The fourth-order valence-electron chi connectivity index (χ4n) is 2.94. The topological polar surface area (TPSA) is 96.0 Å². The van der Waals surface area contributed by atoms with E-state index in [1.165, 1.54) is 18.2 Å². The molecule has 0 saturated heterocycles. The molecule has 1 aromatic rings. The second-order valence-electron chi connectivity index (χ2n) is 6.44. The summed E-state index contributed by atoms with van der Waals surface area (Å²) in [5.74, 6) is 0. The molecule has 1 fully saturated rings. The van der Waals surface area contributed by atoms with Crippen LogP contribution in [0.25, 0.3) is 0 Å². The first kappa shape index (κ1) is 15.8. The average Bonchev–Trinajstić information content (AvgIpc) is 2.36. The Balaban J connectivity index is 2.21. The lowest BCUT2D eigenvalue weighted by Crippen LogP contribution is -2.40. The van der Waals surface area contributed by atoms with Crippen LogP contribution < -0.4 is 10.5 Å². The summed E-state index contributed by atoms with van der Waals surface area (Å²) in [6, 6.07) is 6.13. The van der Waals surface area contributed by atoms with Crippen LogP contribution in [0, 0.1) is 16.7 Å². The van der Waals surface area contributed by atoms with Crippen molar-refractivity contribution in [2.45, 2.75) is 50.5 Å². The molecule has 1 atom stereocenters. The van der Waals surface area contributed by atoms with E-state index in [2.05, 4.69) is 18.6 Å². The first-order valence-electron chi connectivity index (χ1n) is 7.05. The molecule has 0 aliphatic heterocycles. The molecule has 1 aliphatic rings. The van der Waals surface area contributed by atoms with Crippen LogP contribution in [0.3, 0.4) is 0 Å². The molecule has 1 aromatic carbocycles. The second kappa shape index (κ2) is 5.66. The van der Waals surface area contributed by atoms with E-state index in [1.807, 2.05) is 6.07 Å². The van der Waals surface area contributed by atoms with E-state index in [4.69, 9.17) is 11.0 Å². The lowest BCUT2D eigenvalue weighted by Gasteiger charge is -2.35. The number of nitrogens with zero attached hydrogens (tertiary/aromatic N) is 1. The fraction of sp³-hybridized carbons (Fsp3) is 0.533. The lowest BCUT2D eigenvalue weighted by molar-refractivity contribution is 0.212. The van der Waals surface area contributed by atoms with E-state index in [9.17, 15) is 8.42 Å².